The minimum atomic E-state index is -0.170. The summed E-state index contributed by atoms with van der Waals surface area (Å²) in [6.07, 6.45) is 0. The van der Waals surface area contributed by atoms with E-state index in [-0.39, 0.29) is 12.5 Å². The number of carbonyl (C=O) groups excluding carboxylic acids is 1. The van der Waals surface area contributed by atoms with Gasteiger partial charge in [-0.05, 0) is 29.7 Å². The van der Waals surface area contributed by atoms with Crippen molar-refractivity contribution in [2.45, 2.75) is 0 Å². The van der Waals surface area contributed by atoms with Crippen LogP contribution in [0.4, 0.5) is 11.4 Å². The van der Waals surface area contributed by atoms with Gasteiger partial charge in [-0.1, -0.05) is 59.6 Å². The number of benzene rings is 3. The van der Waals surface area contributed by atoms with Gasteiger partial charge >= 0.3 is 0 Å². The van der Waals surface area contributed by atoms with E-state index in [1.807, 2.05) is 42.5 Å². The summed E-state index contributed by atoms with van der Waals surface area (Å²) in [5.74, 6) is -0.170. The summed E-state index contributed by atoms with van der Waals surface area (Å²) < 4.78 is 0. The van der Waals surface area contributed by atoms with Gasteiger partial charge in [0.15, 0.2) is 0 Å². The lowest BCUT2D eigenvalue weighted by Crippen LogP contribution is -2.21. The van der Waals surface area contributed by atoms with Gasteiger partial charge in [0, 0.05) is 26.8 Å². The Balaban J connectivity index is 1.68. The Bertz CT molecular complexity index is 839. The van der Waals surface area contributed by atoms with E-state index in [2.05, 4.69) is 10.6 Å². The lowest BCUT2D eigenvalue weighted by Gasteiger charge is -2.10. The zero-order valence-corrected chi connectivity index (χ0v) is 13.7. The normalized spacial score (nSPS) is 10.5. The molecule has 2 N–H and O–H groups in total. The molecule has 0 aliphatic rings. The molecular formula is C18H14Cl2N2O. The molecule has 0 saturated heterocycles. The highest BCUT2D eigenvalue weighted by Gasteiger charge is 2.06. The van der Waals surface area contributed by atoms with Crippen molar-refractivity contribution >= 4 is 51.3 Å². The van der Waals surface area contributed by atoms with Crippen LogP contribution in [-0.2, 0) is 4.79 Å². The third-order valence-electron chi connectivity index (χ3n) is 3.38. The van der Waals surface area contributed by atoms with Crippen molar-refractivity contribution in [1.82, 2.24) is 0 Å². The Kier molecular flexibility index (Phi) is 4.70. The van der Waals surface area contributed by atoms with Gasteiger partial charge in [0.1, 0.15) is 0 Å². The molecule has 5 heteroatoms. The van der Waals surface area contributed by atoms with Crippen molar-refractivity contribution in [3.63, 3.8) is 0 Å². The number of fused-ring (bicyclic) bond motifs is 1. The number of anilines is 2. The van der Waals surface area contributed by atoms with E-state index in [0.717, 1.165) is 16.5 Å². The fourth-order valence-corrected chi connectivity index (χ4v) is 2.91. The summed E-state index contributed by atoms with van der Waals surface area (Å²) in [4.78, 5) is 12.1. The van der Waals surface area contributed by atoms with Crippen molar-refractivity contribution < 1.29 is 4.79 Å². The van der Waals surface area contributed by atoms with E-state index < -0.39 is 0 Å². The molecule has 116 valence electrons. The Hall–Kier alpha value is -2.23. The fraction of sp³-hybridized carbons (Fsp3) is 0.0556. The highest BCUT2D eigenvalue weighted by molar-refractivity contribution is 6.35. The first kappa shape index (κ1) is 15.7. The molecule has 1 amide bonds. The highest BCUT2D eigenvalue weighted by Crippen LogP contribution is 2.24. The minimum Gasteiger partial charge on any atom is -0.376 e. The molecule has 3 rings (SSSR count). The summed E-state index contributed by atoms with van der Waals surface area (Å²) in [6, 6.07) is 18.9. The van der Waals surface area contributed by atoms with Gasteiger partial charge in [0.2, 0.25) is 5.91 Å². The summed E-state index contributed by atoms with van der Waals surface area (Å²) in [6.45, 7) is 0.151. The number of nitrogens with one attached hydrogen (secondary N) is 2. The summed E-state index contributed by atoms with van der Waals surface area (Å²) in [7, 11) is 0. The van der Waals surface area contributed by atoms with Gasteiger partial charge in [-0.3, -0.25) is 4.79 Å². The van der Waals surface area contributed by atoms with Gasteiger partial charge < -0.3 is 10.6 Å². The molecule has 3 aromatic carbocycles. The van der Waals surface area contributed by atoms with Crippen LogP contribution in [0.25, 0.3) is 10.8 Å². The fourth-order valence-electron chi connectivity index (χ4n) is 2.39. The predicted molar refractivity (Wildman–Crippen MR) is 97.5 cm³/mol. The molecule has 3 nitrogen and oxygen atoms in total. The van der Waals surface area contributed by atoms with Gasteiger partial charge in [-0.25, -0.2) is 0 Å². The maximum Gasteiger partial charge on any atom is 0.243 e. The number of carbonyl (C=O) groups is 1. The largest absolute Gasteiger partial charge is 0.376 e. The number of rotatable bonds is 4. The second-order valence-corrected chi connectivity index (χ2v) is 5.96. The third kappa shape index (κ3) is 3.95. The lowest BCUT2D eigenvalue weighted by molar-refractivity contribution is -0.114. The van der Waals surface area contributed by atoms with Gasteiger partial charge in [-0.2, -0.15) is 0 Å². The second kappa shape index (κ2) is 6.90. The molecular weight excluding hydrogens is 331 g/mol. The zero-order valence-electron chi connectivity index (χ0n) is 12.1. The van der Waals surface area contributed by atoms with Crippen LogP contribution in [0, 0.1) is 0 Å². The molecule has 0 spiro atoms. The van der Waals surface area contributed by atoms with Crippen LogP contribution in [0.2, 0.25) is 10.0 Å². The van der Waals surface area contributed by atoms with E-state index in [1.165, 1.54) is 0 Å². The van der Waals surface area contributed by atoms with E-state index in [4.69, 9.17) is 23.2 Å². The summed E-state index contributed by atoms with van der Waals surface area (Å²) in [5.41, 5.74) is 1.49. The molecule has 0 aliphatic carbocycles. The molecule has 0 heterocycles. The Morgan fingerprint density at radius 2 is 1.61 bits per heavy atom. The monoisotopic (exact) mass is 344 g/mol. The maximum absolute atomic E-state index is 12.1. The van der Waals surface area contributed by atoms with Crippen LogP contribution in [0.1, 0.15) is 0 Å². The third-order valence-corrected chi connectivity index (χ3v) is 3.81. The van der Waals surface area contributed by atoms with E-state index in [1.54, 1.807) is 18.2 Å². The number of hydrogen-bond acceptors (Lipinski definition) is 2. The average molecular weight is 345 g/mol. The number of amides is 1. The topological polar surface area (TPSA) is 41.1 Å². The van der Waals surface area contributed by atoms with Crippen molar-refractivity contribution in [2.75, 3.05) is 17.2 Å². The van der Waals surface area contributed by atoms with Crippen LogP contribution in [0.3, 0.4) is 0 Å². The van der Waals surface area contributed by atoms with Crippen molar-refractivity contribution in [3.05, 3.63) is 70.7 Å². The number of halogens is 2. The molecule has 3 aromatic rings. The molecule has 0 fully saturated rings. The molecule has 0 saturated carbocycles. The first-order valence-electron chi connectivity index (χ1n) is 7.09. The van der Waals surface area contributed by atoms with Crippen LogP contribution in [0.5, 0.6) is 0 Å². The average Bonchev–Trinajstić information content (AvgIpc) is 2.52. The molecule has 0 atom stereocenters. The molecule has 0 aromatic heterocycles. The zero-order chi connectivity index (χ0) is 16.2. The first-order valence-corrected chi connectivity index (χ1v) is 7.85. The second-order valence-electron chi connectivity index (χ2n) is 5.09. The molecule has 23 heavy (non-hydrogen) atoms. The van der Waals surface area contributed by atoms with Crippen molar-refractivity contribution in [1.29, 1.82) is 0 Å². The standard InChI is InChI=1S/C18H14Cl2N2O/c19-13-8-14(20)10-15(9-13)22-18(23)11-21-17-7-3-5-12-4-1-2-6-16(12)17/h1-10,21H,11H2,(H,22,23). The predicted octanol–water partition coefficient (Wildman–Crippen LogP) is 5.20. The summed E-state index contributed by atoms with van der Waals surface area (Å²) in [5, 5.41) is 9.10. The van der Waals surface area contributed by atoms with E-state index in [9.17, 15) is 4.79 Å². The first-order chi connectivity index (χ1) is 11.1. The smallest absolute Gasteiger partial charge is 0.243 e. The Morgan fingerprint density at radius 3 is 2.39 bits per heavy atom. The number of hydrogen-bond donors (Lipinski definition) is 2. The molecule has 0 bridgehead atoms. The van der Waals surface area contributed by atoms with Gasteiger partial charge in [0.25, 0.3) is 0 Å². The minimum absolute atomic E-state index is 0.151. The van der Waals surface area contributed by atoms with Gasteiger partial charge in [0.05, 0.1) is 6.54 Å². The lowest BCUT2D eigenvalue weighted by atomic mass is 10.1. The molecule has 0 aliphatic heterocycles. The van der Waals surface area contributed by atoms with Crippen LogP contribution >= 0.6 is 23.2 Å². The summed E-state index contributed by atoms with van der Waals surface area (Å²) >= 11 is 11.8. The van der Waals surface area contributed by atoms with E-state index >= 15 is 0 Å². The van der Waals surface area contributed by atoms with Crippen LogP contribution in [0.15, 0.2) is 60.7 Å². The quantitative estimate of drug-likeness (QED) is 0.683. The van der Waals surface area contributed by atoms with Crippen LogP contribution in [-0.4, -0.2) is 12.5 Å². The SMILES string of the molecule is O=C(CNc1cccc2ccccc12)Nc1cc(Cl)cc(Cl)c1. The molecule has 0 unspecified atom stereocenters. The Morgan fingerprint density at radius 1 is 0.913 bits per heavy atom. The Labute approximate surface area is 144 Å². The highest BCUT2D eigenvalue weighted by atomic mass is 35.5. The van der Waals surface area contributed by atoms with E-state index in [0.29, 0.717) is 15.7 Å². The molecule has 0 radical (unpaired) electrons. The maximum atomic E-state index is 12.1. The van der Waals surface area contributed by atoms with Gasteiger partial charge in [-0.15, -0.1) is 0 Å². The van der Waals surface area contributed by atoms with Crippen molar-refractivity contribution in [2.24, 2.45) is 0 Å². The van der Waals surface area contributed by atoms with Crippen molar-refractivity contribution in [3.8, 4) is 0 Å². The van der Waals surface area contributed by atoms with Crippen LogP contribution < -0.4 is 10.6 Å².